The van der Waals surface area contributed by atoms with Gasteiger partial charge in [-0.2, -0.15) is 0 Å². The van der Waals surface area contributed by atoms with Crippen LogP contribution < -0.4 is 9.47 Å². The van der Waals surface area contributed by atoms with Gasteiger partial charge in [-0.25, -0.2) is 0 Å². The molecule has 0 spiro atoms. The van der Waals surface area contributed by atoms with E-state index in [0.29, 0.717) is 24.5 Å². The minimum atomic E-state index is -2.55. The summed E-state index contributed by atoms with van der Waals surface area (Å²) in [5.41, 5.74) is -1.75. The molecule has 0 amide bonds. The number of likely N-dealkylation sites (tertiary alicyclic amines) is 1. The van der Waals surface area contributed by atoms with Gasteiger partial charge in [0.15, 0.2) is 11.5 Å². The van der Waals surface area contributed by atoms with Gasteiger partial charge >= 0.3 is 0 Å². The molecule has 1 aromatic rings. The SMILES string of the molecule is [2H]C1(C)C(C)(C)C(C)(C)[C@@]([2H])(OCC(C)c2c(C)cc(OC)c(OCC)c2C)[C@]([2H])(N2C(C)C[C@@](C)(O)C2(C)C)C1([2H])[2H]. The van der Waals surface area contributed by atoms with Gasteiger partial charge in [-0.05, 0) is 101 Å². The molecule has 3 unspecified atom stereocenters. The van der Waals surface area contributed by atoms with Crippen LogP contribution in [0.5, 0.6) is 11.5 Å². The summed E-state index contributed by atoms with van der Waals surface area (Å²) in [5, 5.41) is 11.5. The predicted octanol–water partition coefficient (Wildman–Crippen LogP) is 7.28. The summed E-state index contributed by atoms with van der Waals surface area (Å²) in [7, 11) is 1.61. The van der Waals surface area contributed by atoms with Gasteiger partial charge in [0.25, 0.3) is 0 Å². The average Bonchev–Trinajstić information content (AvgIpc) is 3.03. The largest absolute Gasteiger partial charge is 0.493 e. The van der Waals surface area contributed by atoms with E-state index in [0.717, 1.165) is 16.7 Å². The van der Waals surface area contributed by atoms with Crippen LogP contribution in [0, 0.1) is 30.6 Å². The van der Waals surface area contributed by atoms with Gasteiger partial charge in [-0.15, -0.1) is 0 Å². The second-order valence-corrected chi connectivity index (χ2v) is 13.3. The van der Waals surface area contributed by atoms with E-state index in [-0.39, 0.29) is 12.5 Å². The molecular formula is C33H57NO4. The van der Waals surface area contributed by atoms with Crippen molar-refractivity contribution >= 4 is 0 Å². The zero-order valence-corrected chi connectivity index (χ0v) is 26.5. The lowest BCUT2D eigenvalue weighted by molar-refractivity contribution is -0.190. The van der Waals surface area contributed by atoms with Crippen molar-refractivity contribution in [3.8, 4) is 11.5 Å². The number of aliphatic hydroxyl groups is 1. The number of methoxy groups -OCH3 is 1. The maximum atomic E-state index is 11.5. The van der Waals surface area contributed by atoms with E-state index in [2.05, 4.69) is 0 Å². The third-order valence-electron chi connectivity index (χ3n) is 10.1. The van der Waals surface area contributed by atoms with E-state index in [4.69, 9.17) is 14.2 Å². The van der Waals surface area contributed by atoms with Crippen molar-refractivity contribution in [1.29, 1.82) is 0 Å². The van der Waals surface area contributed by atoms with E-state index in [1.807, 2.05) is 68.4 Å². The highest BCUT2D eigenvalue weighted by molar-refractivity contribution is 5.54. The molecule has 0 bridgehead atoms. The van der Waals surface area contributed by atoms with Crippen molar-refractivity contribution in [2.45, 2.75) is 138 Å². The Balaban J connectivity index is 2.27. The molecular weight excluding hydrogens is 474 g/mol. The van der Waals surface area contributed by atoms with E-state index in [1.165, 1.54) is 0 Å². The van der Waals surface area contributed by atoms with E-state index >= 15 is 0 Å². The molecule has 2 aliphatic rings. The molecule has 1 saturated heterocycles. The molecule has 1 aliphatic carbocycles. The number of ether oxygens (including phenoxy) is 3. The molecule has 1 N–H and O–H groups in total. The summed E-state index contributed by atoms with van der Waals surface area (Å²) < 4.78 is 67.6. The van der Waals surface area contributed by atoms with E-state index in [9.17, 15) is 12.0 Å². The Morgan fingerprint density at radius 3 is 2.24 bits per heavy atom. The summed E-state index contributed by atoms with van der Waals surface area (Å²) in [6.45, 7) is 24.4. The summed E-state index contributed by atoms with van der Waals surface area (Å²) in [5.74, 6) is -0.725. The number of benzene rings is 1. The lowest BCUT2D eigenvalue weighted by Crippen LogP contribution is -2.67. The van der Waals surface area contributed by atoms with Gasteiger partial charge < -0.3 is 19.3 Å². The van der Waals surface area contributed by atoms with Gasteiger partial charge in [-0.1, -0.05) is 41.5 Å². The van der Waals surface area contributed by atoms with Crippen LogP contribution >= 0.6 is 0 Å². The van der Waals surface area contributed by atoms with Crippen molar-refractivity contribution in [1.82, 2.24) is 4.90 Å². The minimum Gasteiger partial charge on any atom is -0.493 e. The molecule has 5 heteroatoms. The molecule has 0 aromatic heterocycles. The second-order valence-electron chi connectivity index (χ2n) is 13.3. The predicted molar refractivity (Wildman–Crippen MR) is 158 cm³/mol. The van der Waals surface area contributed by atoms with Crippen molar-refractivity contribution in [2.75, 3.05) is 20.3 Å². The zero-order chi connectivity index (χ0) is 33.6. The second kappa shape index (κ2) is 10.6. The fourth-order valence-electron chi connectivity index (χ4n) is 6.55. The molecule has 3 rings (SSSR count). The molecule has 1 heterocycles. The van der Waals surface area contributed by atoms with Crippen LogP contribution in [0.15, 0.2) is 6.07 Å². The Labute approximate surface area is 240 Å². The van der Waals surface area contributed by atoms with Gasteiger partial charge in [-0.3, -0.25) is 4.90 Å². The highest BCUT2D eigenvalue weighted by atomic mass is 16.5. The van der Waals surface area contributed by atoms with Crippen LogP contribution in [0.25, 0.3) is 0 Å². The zero-order valence-electron chi connectivity index (χ0n) is 31.5. The molecule has 1 saturated carbocycles. The summed E-state index contributed by atoms with van der Waals surface area (Å²) in [4.78, 5) is 1.65. The summed E-state index contributed by atoms with van der Waals surface area (Å²) >= 11 is 0. The standard InChI is InChI=1S/C33H57NO4/c1-15-37-28-24(6)27(20(2)16-26(28)36-14)21(3)19-38-29-25(17-22(4)30(7,8)31(29,9)10)34-23(5)18-33(13,35)32(34,11)12/h16,21-23,25,29,35H,15,17-19H2,1-14H3/t21?,22?,23?,25-,29+,33-/m1/s1/i17D2,22D,25D,29D. The number of nitrogens with zero attached hydrogens (tertiary/aromatic N) is 1. The van der Waals surface area contributed by atoms with Crippen LogP contribution in [0.4, 0.5) is 0 Å². The highest BCUT2D eigenvalue weighted by Crippen LogP contribution is 2.57. The van der Waals surface area contributed by atoms with Crippen molar-refractivity contribution < 1.29 is 26.2 Å². The highest BCUT2D eigenvalue weighted by Gasteiger charge is 2.61. The molecule has 1 aliphatic heterocycles. The summed E-state index contributed by atoms with van der Waals surface area (Å²) in [6.07, 6.45) is -4.42. The molecule has 5 nitrogen and oxygen atoms in total. The Morgan fingerprint density at radius 1 is 1.13 bits per heavy atom. The van der Waals surface area contributed by atoms with Crippen LogP contribution in [0.1, 0.15) is 118 Å². The van der Waals surface area contributed by atoms with Crippen LogP contribution in [0.3, 0.4) is 0 Å². The first kappa shape index (κ1) is 24.5. The smallest absolute Gasteiger partial charge is 0.164 e. The van der Waals surface area contributed by atoms with Crippen molar-refractivity contribution in [3.05, 3.63) is 22.8 Å². The fourth-order valence-corrected chi connectivity index (χ4v) is 6.55. The number of rotatable bonds is 8. The maximum Gasteiger partial charge on any atom is 0.164 e. The molecule has 6 atom stereocenters. The maximum absolute atomic E-state index is 11.5. The fraction of sp³-hybridized carbons (Fsp3) is 0.818. The quantitative estimate of drug-likeness (QED) is 0.378. The van der Waals surface area contributed by atoms with Crippen LogP contribution in [-0.2, 0) is 4.74 Å². The van der Waals surface area contributed by atoms with E-state index in [1.54, 1.807) is 39.7 Å². The third-order valence-corrected chi connectivity index (χ3v) is 10.1. The first-order chi connectivity index (χ1) is 19.2. The Hall–Kier alpha value is -1.30. The number of aryl methyl sites for hydroxylation is 1. The third kappa shape index (κ3) is 4.90. The van der Waals surface area contributed by atoms with Gasteiger partial charge in [0, 0.05) is 29.0 Å². The number of hydrogen-bond donors (Lipinski definition) is 1. The lowest BCUT2D eigenvalue weighted by Gasteiger charge is -2.61. The first-order valence-corrected chi connectivity index (χ1v) is 14.2. The first-order valence-electron chi connectivity index (χ1n) is 16.7. The normalized spacial score (nSPS) is 42.3. The van der Waals surface area contributed by atoms with Crippen molar-refractivity contribution in [2.24, 2.45) is 16.7 Å². The molecule has 0 radical (unpaired) electrons. The molecule has 1 aromatic carbocycles. The van der Waals surface area contributed by atoms with E-state index < -0.39 is 52.4 Å². The minimum absolute atomic E-state index is 0.0348. The van der Waals surface area contributed by atoms with Crippen LogP contribution in [-0.4, -0.2) is 59.6 Å². The topological polar surface area (TPSA) is 51.2 Å². The Bertz CT molecular complexity index is 1230. The van der Waals surface area contributed by atoms with Crippen LogP contribution in [0.2, 0.25) is 0 Å². The molecule has 38 heavy (non-hydrogen) atoms. The molecule has 218 valence electrons. The Kier molecular flexibility index (Phi) is 6.83. The Morgan fingerprint density at radius 2 is 1.74 bits per heavy atom. The van der Waals surface area contributed by atoms with Crippen molar-refractivity contribution in [3.63, 3.8) is 0 Å². The summed E-state index contributed by atoms with van der Waals surface area (Å²) in [6, 6.07) is -0.890. The average molecular weight is 537 g/mol. The molecule has 2 fully saturated rings. The van der Waals surface area contributed by atoms with Gasteiger partial charge in [0.1, 0.15) is 0 Å². The monoisotopic (exact) mass is 536 g/mol. The lowest BCUT2D eigenvalue weighted by atomic mass is 9.52. The number of hydrogen-bond acceptors (Lipinski definition) is 5. The van der Waals surface area contributed by atoms with Gasteiger partial charge in [0.2, 0.25) is 0 Å². The van der Waals surface area contributed by atoms with Gasteiger partial charge in [0.05, 0.1) is 33.4 Å².